The predicted octanol–water partition coefficient (Wildman–Crippen LogP) is 4.62. The number of benzene rings is 2. The highest BCUT2D eigenvalue weighted by atomic mass is 32.2. The van der Waals surface area contributed by atoms with E-state index in [0.29, 0.717) is 22.3 Å². The fourth-order valence-electron chi connectivity index (χ4n) is 2.81. The maximum atomic E-state index is 12.9. The van der Waals surface area contributed by atoms with Crippen LogP contribution in [0.25, 0.3) is 5.69 Å². The second kappa shape index (κ2) is 9.18. The molecule has 7 nitrogen and oxygen atoms in total. The molecular weight excluding hydrogens is 441 g/mol. The molecule has 0 saturated heterocycles. The molecule has 0 radical (unpaired) electrons. The summed E-state index contributed by atoms with van der Waals surface area (Å²) in [4.78, 5) is 21.2. The molecule has 4 aromatic rings. The Hall–Kier alpha value is -3.73. The van der Waals surface area contributed by atoms with Crippen molar-refractivity contribution in [1.29, 1.82) is 0 Å². The lowest BCUT2D eigenvalue weighted by molar-refractivity contribution is -0.137. The van der Waals surface area contributed by atoms with Crippen molar-refractivity contribution in [1.82, 2.24) is 25.0 Å². The van der Waals surface area contributed by atoms with E-state index in [4.69, 9.17) is 0 Å². The summed E-state index contributed by atoms with van der Waals surface area (Å²) < 4.78 is 39.8. The number of aromatic nitrogens is 5. The average molecular weight is 456 g/mol. The third-order valence-electron chi connectivity index (χ3n) is 4.33. The zero-order chi connectivity index (χ0) is 22.6. The molecule has 11 heteroatoms. The third-order valence-corrected chi connectivity index (χ3v) is 5.22. The molecule has 0 aliphatic heterocycles. The van der Waals surface area contributed by atoms with Gasteiger partial charge in [-0.3, -0.25) is 4.79 Å². The van der Waals surface area contributed by atoms with Crippen LogP contribution in [0.15, 0.2) is 78.2 Å². The Kier molecular flexibility index (Phi) is 6.17. The van der Waals surface area contributed by atoms with Crippen LogP contribution in [0.2, 0.25) is 0 Å². The second-order valence-electron chi connectivity index (χ2n) is 6.48. The van der Waals surface area contributed by atoms with Crippen LogP contribution in [-0.2, 0) is 11.9 Å². The summed E-state index contributed by atoms with van der Waals surface area (Å²) in [5.74, 6) is -0.293. The molecule has 0 unspecified atom stereocenters. The van der Waals surface area contributed by atoms with Gasteiger partial charge in [0.15, 0.2) is 10.9 Å². The molecule has 0 aliphatic rings. The Balaban J connectivity index is 1.61. The van der Waals surface area contributed by atoms with Gasteiger partial charge >= 0.3 is 6.18 Å². The maximum Gasteiger partial charge on any atom is 0.416 e. The number of para-hydroxylation sites is 1. The van der Waals surface area contributed by atoms with E-state index in [2.05, 4.69) is 25.6 Å². The van der Waals surface area contributed by atoms with Crippen molar-refractivity contribution in [3.05, 3.63) is 90.0 Å². The first kappa shape index (κ1) is 21.5. The second-order valence-corrected chi connectivity index (χ2v) is 7.42. The van der Waals surface area contributed by atoms with Crippen LogP contribution in [0.5, 0.6) is 0 Å². The van der Waals surface area contributed by atoms with Gasteiger partial charge in [0.2, 0.25) is 0 Å². The van der Waals surface area contributed by atoms with Crippen molar-refractivity contribution in [2.24, 2.45) is 0 Å². The quantitative estimate of drug-likeness (QED) is 0.337. The average Bonchev–Trinajstić information content (AvgIpc) is 3.23. The zero-order valence-corrected chi connectivity index (χ0v) is 17.1. The number of rotatable bonds is 6. The Bertz CT molecular complexity index is 1200. The van der Waals surface area contributed by atoms with Gasteiger partial charge in [0, 0.05) is 23.8 Å². The number of thioether (sulfide) groups is 1. The van der Waals surface area contributed by atoms with Crippen LogP contribution in [-0.4, -0.2) is 30.9 Å². The van der Waals surface area contributed by atoms with Gasteiger partial charge in [-0.05, 0) is 42.5 Å². The summed E-state index contributed by atoms with van der Waals surface area (Å²) in [6.45, 7) is 0. The molecular formula is C21H15F3N6OS. The van der Waals surface area contributed by atoms with Crippen LogP contribution < -0.4 is 5.32 Å². The largest absolute Gasteiger partial charge is 0.416 e. The van der Waals surface area contributed by atoms with Gasteiger partial charge in [0.25, 0.3) is 5.91 Å². The lowest BCUT2D eigenvalue weighted by Gasteiger charge is -2.09. The van der Waals surface area contributed by atoms with E-state index in [1.165, 1.54) is 28.6 Å². The molecule has 1 N–H and O–H groups in total. The minimum Gasteiger partial charge on any atom is -0.321 e. The number of halogens is 3. The van der Waals surface area contributed by atoms with Crippen LogP contribution in [0.3, 0.4) is 0 Å². The van der Waals surface area contributed by atoms with Crippen molar-refractivity contribution in [3.8, 4) is 5.69 Å². The van der Waals surface area contributed by atoms with Crippen LogP contribution >= 0.6 is 11.8 Å². The van der Waals surface area contributed by atoms with E-state index >= 15 is 0 Å². The standard InChI is InChI=1S/C21H15F3N6OS/c22-21(23,24)14-7-9-15(10-8-14)27-19(31)18-17(13-32-20-25-11-4-12-26-20)30(29-28-18)16-5-2-1-3-6-16/h1-12H,13H2,(H,27,31). The monoisotopic (exact) mass is 456 g/mol. The third kappa shape index (κ3) is 4.94. The molecule has 0 saturated carbocycles. The summed E-state index contributed by atoms with van der Waals surface area (Å²) >= 11 is 1.30. The van der Waals surface area contributed by atoms with Gasteiger partial charge in [-0.15, -0.1) is 5.10 Å². The number of alkyl halides is 3. The molecule has 2 aromatic heterocycles. The Morgan fingerprint density at radius 2 is 1.66 bits per heavy atom. The summed E-state index contributed by atoms with van der Waals surface area (Å²) in [5, 5.41) is 11.2. The normalized spacial score (nSPS) is 11.3. The molecule has 162 valence electrons. The summed E-state index contributed by atoms with van der Waals surface area (Å²) in [6.07, 6.45) is -1.23. The number of carbonyl (C=O) groups excluding carboxylic acids is 1. The predicted molar refractivity (Wildman–Crippen MR) is 112 cm³/mol. The van der Waals surface area contributed by atoms with E-state index < -0.39 is 17.6 Å². The van der Waals surface area contributed by atoms with Crippen molar-refractivity contribution in [3.63, 3.8) is 0 Å². The first-order chi connectivity index (χ1) is 15.4. The Morgan fingerprint density at radius 1 is 0.969 bits per heavy atom. The molecule has 0 fully saturated rings. The number of amides is 1. The van der Waals surface area contributed by atoms with Crippen LogP contribution in [0, 0.1) is 0 Å². The van der Waals surface area contributed by atoms with Crippen molar-refractivity contribution < 1.29 is 18.0 Å². The summed E-state index contributed by atoms with van der Waals surface area (Å²) in [6, 6.07) is 15.0. The molecule has 32 heavy (non-hydrogen) atoms. The van der Waals surface area contributed by atoms with Gasteiger partial charge < -0.3 is 5.32 Å². The molecule has 0 spiro atoms. The van der Waals surface area contributed by atoms with Crippen molar-refractivity contribution >= 4 is 23.4 Å². The highest BCUT2D eigenvalue weighted by Gasteiger charge is 2.30. The molecule has 2 aromatic carbocycles. The highest BCUT2D eigenvalue weighted by molar-refractivity contribution is 7.98. The van der Waals surface area contributed by atoms with Gasteiger partial charge in [-0.1, -0.05) is 35.2 Å². The number of nitrogens with one attached hydrogen (secondary N) is 1. The maximum absolute atomic E-state index is 12.9. The smallest absolute Gasteiger partial charge is 0.321 e. The van der Waals surface area contributed by atoms with E-state index in [9.17, 15) is 18.0 Å². The molecule has 4 rings (SSSR count). The van der Waals surface area contributed by atoms with Gasteiger partial charge in [0.05, 0.1) is 16.9 Å². The Labute approximate surface area is 184 Å². The first-order valence-corrected chi connectivity index (χ1v) is 10.3. The lowest BCUT2D eigenvalue weighted by atomic mass is 10.2. The van der Waals surface area contributed by atoms with E-state index in [1.807, 2.05) is 30.3 Å². The van der Waals surface area contributed by atoms with E-state index in [0.717, 1.165) is 12.1 Å². The number of nitrogens with zero attached hydrogens (tertiary/aromatic N) is 5. The molecule has 0 atom stereocenters. The topological polar surface area (TPSA) is 85.6 Å². The van der Waals surface area contributed by atoms with E-state index in [-0.39, 0.29) is 11.4 Å². The van der Waals surface area contributed by atoms with Crippen LogP contribution in [0.1, 0.15) is 21.7 Å². The van der Waals surface area contributed by atoms with Crippen molar-refractivity contribution in [2.75, 3.05) is 5.32 Å². The van der Waals surface area contributed by atoms with Gasteiger partial charge in [-0.25, -0.2) is 14.6 Å². The van der Waals surface area contributed by atoms with Gasteiger partial charge in [-0.2, -0.15) is 13.2 Å². The SMILES string of the molecule is O=C(Nc1ccc(C(F)(F)F)cc1)c1nnn(-c2ccccc2)c1CSc1ncccn1. The lowest BCUT2D eigenvalue weighted by Crippen LogP contribution is -2.15. The molecule has 0 aliphatic carbocycles. The fourth-order valence-corrected chi connectivity index (χ4v) is 3.61. The Morgan fingerprint density at radius 3 is 2.31 bits per heavy atom. The van der Waals surface area contributed by atoms with Crippen molar-refractivity contribution in [2.45, 2.75) is 17.1 Å². The minimum absolute atomic E-state index is 0.0529. The number of hydrogen-bond donors (Lipinski definition) is 1. The molecule has 1 amide bonds. The zero-order valence-electron chi connectivity index (χ0n) is 16.3. The van der Waals surface area contributed by atoms with Crippen LogP contribution in [0.4, 0.5) is 18.9 Å². The number of carbonyl (C=O) groups is 1. The highest BCUT2D eigenvalue weighted by Crippen LogP contribution is 2.30. The van der Waals surface area contributed by atoms with Gasteiger partial charge in [0.1, 0.15) is 0 Å². The van der Waals surface area contributed by atoms with E-state index in [1.54, 1.807) is 18.5 Å². The fraction of sp³-hybridized carbons (Fsp3) is 0.0952. The molecule has 0 bridgehead atoms. The summed E-state index contributed by atoms with van der Waals surface area (Å²) in [7, 11) is 0. The number of hydrogen-bond acceptors (Lipinski definition) is 6. The number of anilines is 1. The molecule has 2 heterocycles. The first-order valence-electron chi connectivity index (χ1n) is 9.30. The summed E-state index contributed by atoms with van der Waals surface area (Å²) in [5.41, 5.74) is 0.668. The minimum atomic E-state index is -4.45.